The first-order valence-corrected chi connectivity index (χ1v) is 11.0. The lowest BCUT2D eigenvalue weighted by Crippen LogP contribution is -2.43. The van der Waals surface area contributed by atoms with Crippen molar-refractivity contribution in [3.63, 3.8) is 0 Å². The van der Waals surface area contributed by atoms with Gasteiger partial charge in [0.15, 0.2) is 0 Å². The van der Waals surface area contributed by atoms with Crippen LogP contribution in [-0.4, -0.2) is 63.4 Å². The van der Waals surface area contributed by atoms with Gasteiger partial charge >= 0.3 is 0 Å². The number of nitrogens with zero attached hydrogens (tertiary/aromatic N) is 5. The van der Waals surface area contributed by atoms with E-state index in [1.54, 1.807) is 0 Å². The van der Waals surface area contributed by atoms with E-state index in [1.807, 2.05) is 51.7 Å². The third-order valence-electron chi connectivity index (χ3n) is 5.61. The van der Waals surface area contributed by atoms with E-state index < -0.39 is 0 Å². The van der Waals surface area contributed by atoms with Crippen molar-refractivity contribution in [2.75, 3.05) is 38.0 Å². The van der Waals surface area contributed by atoms with E-state index in [0.29, 0.717) is 18.4 Å². The Labute approximate surface area is 179 Å². The molecule has 0 saturated carbocycles. The summed E-state index contributed by atoms with van der Waals surface area (Å²) in [6.45, 7) is 13.9. The van der Waals surface area contributed by atoms with E-state index in [1.165, 1.54) is 0 Å². The number of likely N-dealkylation sites (tertiary alicyclic amines) is 1. The van der Waals surface area contributed by atoms with Gasteiger partial charge in [0.05, 0.1) is 6.54 Å². The van der Waals surface area contributed by atoms with E-state index >= 15 is 0 Å². The molecule has 162 valence electrons. The second-order valence-electron chi connectivity index (χ2n) is 8.16. The minimum atomic E-state index is 0.215. The van der Waals surface area contributed by atoms with Gasteiger partial charge in [0.1, 0.15) is 0 Å². The summed E-state index contributed by atoms with van der Waals surface area (Å²) in [7, 11) is 0. The average molecular weight is 411 g/mol. The molecule has 7 nitrogen and oxygen atoms in total. The smallest absolute Gasteiger partial charge is 0.236 e. The van der Waals surface area contributed by atoms with Gasteiger partial charge in [0.2, 0.25) is 11.9 Å². The van der Waals surface area contributed by atoms with E-state index in [2.05, 4.69) is 26.3 Å². The van der Waals surface area contributed by atoms with Crippen molar-refractivity contribution in [3.8, 4) is 0 Å². The number of likely N-dealkylation sites (N-methyl/N-ethyl adjacent to an activating group) is 1. The number of aryl methyl sites for hydroxylation is 3. The minimum Gasteiger partial charge on any atom is -0.342 e. The zero-order valence-electron chi connectivity index (χ0n) is 18.9. The molecular weight excluding hydrogens is 376 g/mol. The third-order valence-corrected chi connectivity index (χ3v) is 5.61. The highest BCUT2D eigenvalue weighted by Gasteiger charge is 2.25. The van der Waals surface area contributed by atoms with Crippen LogP contribution in [0.2, 0.25) is 0 Å². The van der Waals surface area contributed by atoms with Crippen LogP contribution in [0.15, 0.2) is 18.2 Å². The van der Waals surface area contributed by atoms with Crippen molar-refractivity contribution >= 4 is 17.5 Å². The molecule has 0 spiro atoms. The molecule has 1 amide bonds. The molecular formula is C23H34N6O. The van der Waals surface area contributed by atoms with Gasteiger partial charge < -0.3 is 10.2 Å². The first-order valence-electron chi connectivity index (χ1n) is 11.0. The highest BCUT2D eigenvalue weighted by Crippen LogP contribution is 2.28. The highest BCUT2D eigenvalue weighted by atomic mass is 16.2. The van der Waals surface area contributed by atoms with Crippen LogP contribution in [0.25, 0.3) is 0 Å². The van der Waals surface area contributed by atoms with Crippen LogP contribution in [0.1, 0.15) is 55.4 Å². The maximum Gasteiger partial charge on any atom is 0.236 e. The van der Waals surface area contributed by atoms with Crippen LogP contribution >= 0.6 is 0 Å². The Kier molecular flexibility index (Phi) is 7.37. The third kappa shape index (κ3) is 5.75. The number of pyridine rings is 1. The monoisotopic (exact) mass is 410 g/mol. The molecule has 0 aliphatic carbocycles. The Balaban J connectivity index is 1.72. The maximum atomic E-state index is 12.5. The largest absolute Gasteiger partial charge is 0.342 e. The summed E-state index contributed by atoms with van der Waals surface area (Å²) in [5.74, 6) is 1.15. The number of carbonyl (C=O) groups is 1. The standard InChI is InChI=1S/C23H34N6O/c1-6-29(7-2)22(30)15-28-10-8-9-19(14-28)21-13-20(12-18(5)24-21)27-23-25-16(3)11-17(4)26-23/h11-13,19H,6-10,14-15H2,1-5H3,(H,24,25,26,27). The number of piperidine rings is 1. The van der Waals surface area contributed by atoms with Gasteiger partial charge in [-0.15, -0.1) is 0 Å². The Bertz CT molecular complexity index is 860. The summed E-state index contributed by atoms with van der Waals surface area (Å²) in [6.07, 6.45) is 2.17. The fraction of sp³-hybridized carbons (Fsp3) is 0.565. The quantitative estimate of drug-likeness (QED) is 0.752. The number of hydrogen-bond acceptors (Lipinski definition) is 6. The molecule has 1 N–H and O–H groups in total. The highest BCUT2D eigenvalue weighted by molar-refractivity contribution is 5.78. The van der Waals surface area contributed by atoms with Gasteiger partial charge in [-0.1, -0.05) is 0 Å². The molecule has 1 aliphatic rings. The molecule has 7 heteroatoms. The molecule has 0 aromatic carbocycles. The van der Waals surface area contributed by atoms with Crippen LogP contribution < -0.4 is 5.32 Å². The maximum absolute atomic E-state index is 12.5. The molecule has 2 aromatic rings. The fourth-order valence-corrected chi connectivity index (χ4v) is 4.19. The number of nitrogens with one attached hydrogen (secondary N) is 1. The zero-order valence-corrected chi connectivity index (χ0v) is 18.9. The first-order chi connectivity index (χ1) is 14.4. The van der Waals surface area contributed by atoms with Crippen LogP contribution in [0.4, 0.5) is 11.6 Å². The van der Waals surface area contributed by atoms with Gasteiger partial charge in [0.25, 0.3) is 0 Å². The molecule has 30 heavy (non-hydrogen) atoms. The molecule has 0 bridgehead atoms. The van der Waals surface area contributed by atoms with Gasteiger partial charge in [-0.3, -0.25) is 14.7 Å². The Morgan fingerprint density at radius 3 is 2.40 bits per heavy atom. The molecule has 1 atom stereocenters. The van der Waals surface area contributed by atoms with Crippen LogP contribution in [0, 0.1) is 20.8 Å². The van der Waals surface area contributed by atoms with Crippen LogP contribution in [0.5, 0.6) is 0 Å². The topological polar surface area (TPSA) is 74.2 Å². The van der Waals surface area contributed by atoms with E-state index in [0.717, 1.165) is 67.5 Å². The molecule has 3 heterocycles. The fourth-order valence-electron chi connectivity index (χ4n) is 4.19. The molecule has 1 fully saturated rings. The predicted octanol–water partition coefficient (Wildman–Crippen LogP) is 3.59. The second kappa shape index (κ2) is 9.98. The summed E-state index contributed by atoms with van der Waals surface area (Å²) >= 11 is 0. The SMILES string of the molecule is CCN(CC)C(=O)CN1CCCC(c2cc(Nc3nc(C)cc(C)n3)cc(C)n2)C1. The number of anilines is 2. The van der Waals surface area contributed by atoms with Crippen LogP contribution in [-0.2, 0) is 4.79 Å². The number of rotatable bonds is 7. The number of aromatic nitrogens is 3. The molecule has 3 rings (SSSR count). The number of carbonyl (C=O) groups excluding carboxylic acids is 1. The van der Waals surface area contributed by atoms with Gasteiger partial charge in [-0.2, -0.15) is 0 Å². The summed E-state index contributed by atoms with van der Waals surface area (Å²) in [6, 6.07) is 6.09. The van der Waals surface area contributed by atoms with Crippen molar-refractivity contribution in [2.24, 2.45) is 0 Å². The Hall–Kier alpha value is -2.54. The van der Waals surface area contributed by atoms with Crippen LogP contribution in [0.3, 0.4) is 0 Å². The van der Waals surface area contributed by atoms with E-state index in [-0.39, 0.29) is 5.91 Å². The summed E-state index contributed by atoms with van der Waals surface area (Å²) < 4.78 is 0. The van der Waals surface area contributed by atoms with Gasteiger partial charge in [0, 0.05) is 54.0 Å². The van der Waals surface area contributed by atoms with Gasteiger partial charge in [-0.05, 0) is 72.2 Å². The molecule has 1 saturated heterocycles. The zero-order chi connectivity index (χ0) is 21.7. The number of amides is 1. The summed E-state index contributed by atoms with van der Waals surface area (Å²) in [5.41, 5.74) is 4.88. The van der Waals surface area contributed by atoms with E-state index in [4.69, 9.17) is 4.98 Å². The lowest BCUT2D eigenvalue weighted by molar-refractivity contribution is -0.132. The van der Waals surface area contributed by atoms with Crippen molar-refractivity contribution in [3.05, 3.63) is 41.0 Å². The van der Waals surface area contributed by atoms with E-state index in [9.17, 15) is 4.79 Å². The summed E-state index contributed by atoms with van der Waals surface area (Å²) in [4.78, 5) is 30.5. The van der Waals surface area contributed by atoms with Crippen molar-refractivity contribution in [1.82, 2.24) is 24.8 Å². The average Bonchev–Trinajstić information content (AvgIpc) is 2.68. The molecule has 1 aliphatic heterocycles. The second-order valence-corrected chi connectivity index (χ2v) is 8.16. The van der Waals surface area contributed by atoms with Crippen molar-refractivity contribution < 1.29 is 4.79 Å². The lowest BCUT2D eigenvalue weighted by Gasteiger charge is -2.33. The Morgan fingerprint density at radius 1 is 1.07 bits per heavy atom. The van der Waals surface area contributed by atoms with Gasteiger partial charge in [-0.25, -0.2) is 9.97 Å². The summed E-state index contributed by atoms with van der Waals surface area (Å²) in [5, 5.41) is 3.34. The number of hydrogen-bond donors (Lipinski definition) is 1. The first kappa shape index (κ1) is 22.2. The lowest BCUT2D eigenvalue weighted by atomic mass is 9.93. The molecule has 2 aromatic heterocycles. The molecule has 1 unspecified atom stereocenters. The Morgan fingerprint density at radius 2 is 1.73 bits per heavy atom. The minimum absolute atomic E-state index is 0.215. The van der Waals surface area contributed by atoms with Crippen molar-refractivity contribution in [2.45, 2.75) is 53.4 Å². The molecule has 0 radical (unpaired) electrons. The van der Waals surface area contributed by atoms with Crippen molar-refractivity contribution in [1.29, 1.82) is 0 Å². The predicted molar refractivity (Wildman–Crippen MR) is 120 cm³/mol. The normalized spacial score (nSPS) is 17.0.